The summed E-state index contributed by atoms with van der Waals surface area (Å²) in [7, 11) is 0. The van der Waals surface area contributed by atoms with E-state index in [0.29, 0.717) is 11.9 Å². The Balaban J connectivity index is 2.20. The second kappa shape index (κ2) is 3.13. The van der Waals surface area contributed by atoms with Crippen LogP contribution in [-0.2, 0) is 0 Å². The van der Waals surface area contributed by atoms with Crippen LogP contribution in [0, 0.1) is 10.1 Å². The lowest BCUT2D eigenvalue weighted by atomic mass is 10.4. The number of nitrogens with one attached hydrogen (secondary N) is 1. The number of hydrogen-bond acceptors (Lipinski definition) is 5. The van der Waals surface area contributed by atoms with E-state index < -0.39 is 4.92 Å². The molecule has 1 aromatic rings. The van der Waals surface area contributed by atoms with Crippen molar-refractivity contribution in [2.24, 2.45) is 0 Å². The predicted octanol–water partition coefficient (Wildman–Crippen LogP) is 1.15. The van der Waals surface area contributed by atoms with Crippen LogP contribution in [0.15, 0.2) is 12.1 Å². The van der Waals surface area contributed by atoms with Crippen molar-refractivity contribution in [1.82, 2.24) is 4.98 Å². The maximum Gasteiger partial charge on any atom is 0.311 e. The van der Waals surface area contributed by atoms with Crippen LogP contribution in [0.4, 0.5) is 17.3 Å². The molecule has 0 radical (unpaired) electrons. The van der Waals surface area contributed by atoms with Gasteiger partial charge < -0.3 is 11.1 Å². The van der Waals surface area contributed by atoms with E-state index in [1.54, 1.807) is 6.07 Å². The number of aromatic nitrogens is 1. The van der Waals surface area contributed by atoms with Gasteiger partial charge in [0.15, 0.2) is 0 Å². The number of rotatable bonds is 3. The first-order valence-corrected chi connectivity index (χ1v) is 4.34. The molecule has 14 heavy (non-hydrogen) atoms. The average molecular weight is 194 g/mol. The molecule has 0 atom stereocenters. The number of pyridine rings is 1. The van der Waals surface area contributed by atoms with Crippen molar-refractivity contribution < 1.29 is 4.92 Å². The molecule has 0 unspecified atom stereocenters. The van der Waals surface area contributed by atoms with Crippen LogP contribution in [0.2, 0.25) is 0 Å². The Labute approximate surface area is 80.3 Å². The molecule has 0 spiro atoms. The van der Waals surface area contributed by atoms with Gasteiger partial charge in [0.25, 0.3) is 0 Å². The summed E-state index contributed by atoms with van der Waals surface area (Å²) >= 11 is 0. The van der Waals surface area contributed by atoms with E-state index in [1.807, 2.05) is 0 Å². The molecule has 1 heterocycles. The molecule has 0 bridgehead atoms. The normalized spacial score (nSPS) is 15.1. The highest BCUT2D eigenvalue weighted by Crippen LogP contribution is 2.26. The molecular formula is C8H10N4O2. The molecule has 6 nitrogen and oxygen atoms in total. The smallest absolute Gasteiger partial charge is 0.311 e. The lowest BCUT2D eigenvalue weighted by Crippen LogP contribution is -2.05. The molecule has 1 aliphatic rings. The van der Waals surface area contributed by atoms with E-state index in [4.69, 9.17) is 5.73 Å². The fraction of sp³-hybridized carbons (Fsp3) is 0.375. The first-order chi connectivity index (χ1) is 6.66. The van der Waals surface area contributed by atoms with Gasteiger partial charge in [0.05, 0.1) is 4.92 Å². The molecule has 74 valence electrons. The summed E-state index contributed by atoms with van der Waals surface area (Å²) in [6.45, 7) is 0. The van der Waals surface area contributed by atoms with Crippen LogP contribution in [0.25, 0.3) is 0 Å². The SMILES string of the molecule is Nc1nc(NC2CC2)ccc1[N+](=O)[O-]. The predicted molar refractivity (Wildman–Crippen MR) is 51.9 cm³/mol. The third-order valence-electron chi connectivity index (χ3n) is 2.03. The fourth-order valence-electron chi connectivity index (χ4n) is 1.14. The number of nitro groups is 1. The van der Waals surface area contributed by atoms with E-state index in [1.165, 1.54) is 6.07 Å². The van der Waals surface area contributed by atoms with E-state index in [-0.39, 0.29) is 11.5 Å². The van der Waals surface area contributed by atoms with Gasteiger partial charge in [0.2, 0.25) is 5.82 Å². The van der Waals surface area contributed by atoms with Crippen molar-refractivity contribution in [1.29, 1.82) is 0 Å². The Hall–Kier alpha value is -1.85. The molecule has 2 rings (SSSR count). The molecule has 1 aliphatic carbocycles. The number of nitrogens with two attached hydrogens (primary N) is 1. The van der Waals surface area contributed by atoms with Gasteiger partial charge in [-0.15, -0.1) is 0 Å². The summed E-state index contributed by atoms with van der Waals surface area (Å²) in [5.41, 5.74) is 5.28. The van der Waals surface area contributed by atoms with Gasteiger partial charge in [-0.25, -0.2) is 4.98 Å². The van der Waals surface area contributed by atoms with Gasteiger partial charge in [-0.1, -0.05) is 0 Å². The minimum atomic E-state index is -0.538. The second-order valence-corrected chi connectivity index (χ2v) is 3.28. The van der Waals surface area contributed by atoms with Crippen LogP contribution >= 0.6 is 0 Å². The Bertz CT molecular complexity index is 376. The molecule has 0 amide bonds. The molecule has 0 saturated heterocycles. The molecule has 1 saturated carbocycles. The first-order valence-electron chi connectivity index (χ1n) is 4.34. The molecular weight excluding hydrogens is 184 g/mol. The largest absolute Gasteiger partial charge is 0.378 e. The summed E-state index contributed by atoms with van der Waals surface area (Å²) in [6.07, 6.45) is 2.25. The quantitative estimate of drug-likeness (QED) is 0.556. The van der Waals surface area contributed by atoms with Crippen LogP contribution < -0.4 is 11.1 Å². The number of hydrogen-bond donors (Lipinski definition) is 2. The third kappa shape index (κ3) is 1.73. The summed E-state index contributed by atoms with van der Waals surface area (Å²) in [4.78, 5) is 13.8. The number of nitrogens with zero attached hydrogens (tertiary/aromatic N) is 2. The van der Waals surface area contributed by atoms with E-state index in [9.17, 15) is 10.1 Å². The van der Waals surface area contributed by atoms with Crippen LogP contribution in [0.1, 0.15) is 12.8 Å². The van der Waals surface area contributed by atoms with Gasteiger partial charge in [-0.3, -0.25) is 10.1 Å². The van der Waals surface area contributed by atoms with Crippen molar-refractivity contribution >= 4 is 17.3 Å². The summed E-state index contributed by atoms with van der Waals surface area (Å²) in [5.74, 6) is 0.566. The second-order valence-electron chi connectivity index (χ2n) is 3.28. The third-order valence-corrected chi connectivity index (χ3v) is 2.03. The van der Waals surface area contributed by atoms with E-state index in [0.717, 1.165) is 12.8 Å². The maximum absolute atomic E-state index is 10.4. The number of anilines is 2. The molecule has 1 fully saturated rings. The summed E-state index contributed by atoms with van der Waals surface area (Å²) in [5, 5.41) is 13.5. The maximum atomic E-state index is 10.4. The van der Waals surface area contributed by atoms with Crippen molar-refractivity contribution in [3.8, 4) is 0 Å². The van der Waals surface area contributed by atoms with E-state index in [2.05, 4.69) is 10.3 Å². The van der Waals surface area contributed by atoms with Crippen LogP contribution in [0.5, 0.6) is 0 Å². The Kier molecular flexibility index (Phi) is 1.95. The fourth-order valence-corrected chi connectivity index (χ4v) is 1.14. The van der Waals surface area contributed by atoms with Crippen LogP contribution in [0.3, 0.4) is 0 Å². The molecule has 3 N–H and O–H groups in total. The van der Waals surface area contributed by atoms with Crippen molar-refractivity contribution in [3.05, 3.63) is 22.2 Å². The van der Waals surface area contributed by atoms with Crippen molar-refractivity contribution in [2.75, 3.05) is 11.1 Å². The standard InChI is InChI=1S/C8H10N4O2/c9-8-6(12(13)14)3-4-7(11-8)10-5-1-2-5/h3-5H,1-2H2,(H3,9,10,11). The van der Waals surface area contributed by atoms with E-state index >= 15 is 0 Å². The van der Waals surface area contributed by atoms with Gasteiger partial charge in [0, 0.05) is 12.1 Å². The average Bonchev–Trinajstić information content (AvgIpc) is 2.87. The van der Waals surface area contributed by atoms with Crippen molar-refractivity contribution in [3.63, 3.8) is 0 Å². The lowest BCUT2D eigenvalue weighted by molar-refractivity contribution is -0.384. The monoisotopic (exact) mass is 194 g/mol. The highest BCUT2D eigenvalue weighted by atomic mass is 16.6. The van der Waals surface area contributed by atoms with Crippen LogP contribution in [-0.4, -0.2) is 15.9 Å². The zero-order valence-corrected chi connectivity index (χ0v) is 7.43. The Morgan fingerprint density at radius 3 is 2.79 bits per heavy atom. The van der Waals surface area contributed by atoms with Gasteiger partial charge >= 0.3 is 5.69 Å². The van der Waals surface area contributed by atoms with Gasteiger partial charge in [-0.2, -0.15) is 0 Å². The topological polar surface area (TPSA) is 94.1 Å². The zero-order chi connectivity index (χ0) is 10.1. The highest BCUT2D eigenvalue weighted by molar-refractivity contribution is 5.57. The molecule has 6 heteroatoms. The minimum Gasteiger partial charge on any atom is -0.378 e. The van der Waals surface area contributed by atoms with Gasteiger partial charge in [0.1, 0.15) is 5.82 Å². The zero-order valence-electron chi connectivity index (χ0n) is 7.43. The molecule has 1 aromatic heterocycles. The van der Waals surface area contributed by atoms with Crippen molar-refractivity contribution in [2.45, 2.75) is 18.9 Å². The first kappa shape index (κ1) is 8.74. The lowest BCUT2D eigenvalue weighted by Gasteiger charge is -2.03. The summed E-state index contributed by atoms with van der Waals surface area (Å²) in [6, 6.07) is 3.41. The Morgan fingerprint density at radius 1 is 1.57 bits per heavy atom. The summed E-state index contributed by atoms with van der Waals surface area (Å²) < 4.78 is 0. The highest BCUT2D eigenvalue weighted by Gasteiger charge is 2.22. The van der Waals surface area contributed by atoms with Gasteiger partial charge in [-0.05, 0) is 18.9 Å². The Morgan fingerprint density at radius 2 is 2.29 bits per heavy atom. The molecule has 0 aliphatic heterocycles. The molecule has 0 aromatic carbocycles. The number of nitrogen functional groups attached to an aromatic ring is 1. The minimum absolute atomic E-state index is 0.0411.